The molecule has 0 aromatic rings. The number of carboxylic acid groups (broad SMARTS) is 1. The number of hydrogen-bond acceptors (Lipinski definition) is 3. The molecule has 0 aliphatic heterocycles. The maximum atomic E-state index is 9.54. The molecule has 0 unspecified atom stereocenters. The van der Waals surface area contributed by atoms with Crippen molar-refractivity contribution in [2.24, 2.45) is 0 Å². The van der Waals surface area contributed by atoms with Gasteiger partial charge in [0.25, 0.3) is 0 Å². The molecule has 0 bridgehead atoms. The van der Waals surface area contributed by atoms with Crippen LogP contribution in [-0.4, -0.2) is 46.7 Å². The number of rotatable bonds is 2. The maximum Gasteiger partial charge on any atom is 0.317 e. The third kappa shape index (κ3) is 35.5. The number of carbonyl (C=O) groups is 1. The zero-order valence-corrected chi connectivity index (χ0v) is 9.83. The predicted octanol–water partition coefficient (Wildman–Crippen LogP) is -0.960. The van der Waals surface area contributed by atoms with Crippen molar-refractivity contribution in [3.05, 3.63) is 0 Å². The largest absolute Gasteiger partial charge is 0.480 e. The van der Waals surface area contributed by atoms with Gasteiger partial charge in [-0.15, -0.1) is 0 Å². The maximum absolute atomic E-state index is 9.54. The first kappa shape index (κ1) is 22.5. The number of likely N-dealkylation sites (N-methyl/N-ethyl adjacent to an activating group) is 1. The second-order valence-corrected chi connectivity index (χ2v) is 0.924. The van der Waals surface area contributed by atoms with Gasteiger partial charge in [0.1, 0.15) is 0 Å². The summed E-state index contributed by atoms with van der Waals surface area (Å²) in [5.41, 5.74) is 0. The van der Waals surface area contributed by atoms with E-state index < -0.39 is 5.97 Å². The molecule has 0 aliphatic carbocycles. The zero-order chi connectivity index (χ0) is 6.99. The fraction of sp³-hybridized carbons (Fsp3) is 0.667. The van der Waals surface area contributed by atoms with Crippen LogP contribution in [0, 0.1) is 0 Å². The van der Waals surface area contributed by atoms with Gasteiger partial charge in [-0.25, -0.2) is 0 Å². The Kier molecular flexibility index (Phi) is 50.5. The summed E-state index contributed by atoms with van der Waals surface area (Å²) in [6, 6.07) is 0. The Morgan fingerprint density at radius 1 is 1.60 bits per heavy atom. The molecule has 3 radical (unpaired) electrons. The average Bonchev–Trinajstić information content (AvgIpc) is 1.72. The van der Waals surface area contributed by atoms with Gasteiger partial charge >= 0.3 is 5.97 Å². The van der Waals surface area contributed by atoms with E-state index in [1.54, 1.807) is 7.05 Å². The third-order valence-corrected chi connectivity index (χ3v) is 0.328. The van der Waals surface area contributed by atoms with Gasteiger partial charge < -0.3 is 10.4 Å². The van der Waals surface area contributed by atoms with Gasteiger partial charge in [0, 0.05) is 43.6 Å². The first-order valence-corrected chi connectivity index (χ1v) is 2.14. The fourth-order valence-electron chi connectivity index (χ4n) is 0.151. The molecule has 7 heteroatoms. The van der Waals surface area contributed by atoms with Crippen LogP contribution in [0.3, 0.4) is 0 Å². The number of halogens is 1. The standard InChI is InChI=1S/C3H7NO2.Al.ClHO.Zr/c1-4-2-3(5)6;;1-2;/h4H,2H2,1H3,(H,5,6);;2H;. The van der Waals surface area contributed by atoms with Crippen LogP contribution in [0.15, 0.2) is 0 Å². The van der Waals surface area contributed by atoms with Crippen LogP contribution >= 0.6 is 11.9 Å². The van der Waals surface area contributed by atoms with Crippen molar-refractivity contribution in [1.29, 1.82) is 0 Å². The summed E-state index contributed by atoms with van der Waals surface area (Å²) in [6.45, 7) is 0.0417. The Morgan fingerprint density at radius 3 is 1.90 bits per heavy atom. The second-order valence-electron chi connectivity index (χ2n) is 0.924. The van der Waals surface area contributed by atoms with E-state index in [1.165, 1.54) is 0 Å². The molecule has 10 heavy (non-hydrogen) atoms. The summed E-state index contributed by atoms with van der Waals surface area (Å²) in [4.78, 5) is 9.54. The van der Waals surface area contributed by atoms with Gasteiger partial charge in [0.05, 0.1) is 18.4 Å². The molecular weight excluding hydrogens is 252 g/mol. The minimum absolute atomic E-state index is 0. The first-order chi connectivity index (χ1) is 3.77. The SMILES string of the molecule is CNCC(=O)O.OCl.[Al].[Zr]. The molecule has 0 aromatic heterocycles. The van der Waals surface area contributed by atoms with E-state index in [0.29, 0.717) is 0 Å². The molecule has 0 rings (SSSR count). The van der Waals surface area contributed by atoms with Crippen LogP contribution in [0.5, 0.6) is 0 Å². The average molecular weight is 260 g/mol. The zero-order valence-electron chi connectivity index (χ0n) is 5.47. The minimum atomic E-state index is -0.822. The van der Waals surface area contributed by atoms with Gasteiger partial charge in [-0.05, 0) is 7.05 Å². The van der Waals surface area contributed by atoms with Gasteiger partial charge in [0.15, 0.2) is 0 Å². The van der Waals surface area contributed by atoms with Crippen molar-refractivity contribution in [2.75, 3.05) is 13.6 Å². The molecule has 0 amide bonds. The summed E-state index contributed by atoms with van der Waals surface area (Å²) in [6.07, 6.45) is 0. The van der Waals surface area contributed by atoms with E-state index in [1.807, 2.05) is 0 Å². The van der Waals surface area contributed by atoms with Crippen molar-refractivity contribution < 1.29 is 40.8 Å². The van der Waals surface area contributed by atoms with Crippen molar-refractivity contribution in [1.82, 2.24) is 5.32 Å². The van der Waals surface area contributed by atoms with E-state index in [9.17, 15) is 4.79 Å². The molecule has 4 nitrogen and oxygen atoms in total. The van der Waals surface area contributed by atoms with Crippen LogP contribution in [0.25, 0.3) is 0 Å². The van der Waals surface area contributed by atoms with Crippen LogP contribution in [0.1, 0.15) is 0 Å². The van der Waals surface area contributed by atoms with Crippen molar-refractivity contribution in [3.63, 3.8) is 0 Å². The smallest absolute Gasteiger partial charge is 0.317 e. The van der Waals surface area contributed by atoms with Crippen LogP contribution < -0.4 is 5.32 Å². The topological polar surface area (TPSA) is 69.6 Å². The summed E-state index contributed by atoms with van der Waals surface area (Å²) < 4.78 is 6.47. The molecule has 0 saturated carbocycles. The van der Waals surface area contributed by atoms with Gasteiger partial charge in [-0.2, -0.15) is 0 Å². The van der Waals surface area contributed by atoms with Crippen molar-refractivity contribution in [3.8, 4) is 0 Å². The molecule has 0 fully saturated rings. The number of aliphatic carboxylic acids is 1. The first-order valence-electron chi connectivity index (χ1n) is 1.80. The monoisotopic (exact) mass is 258 g/mol. The number of hydrogen-bond donors (Lipinski definition) is 3. The fourth-order valence-corrected chi connectivity index (χ4v) is 0.151. The molecule has 3 N–H and O–H groups in total. The summed E-state index contributed by atoms with van der Waals surface area (Å²) >= 11 is 3.64. The van der Waals surface area contributed by atoms with E-state index in [0.717, 1.165) is 0 Å². The Labute approximate surface area is 94.4 Å². The van der Waals surface area contributed by atoms with Crippen LogP contribution in [0.2, 0.25) is 0 Å². The molecule has 0 heterocycles. The van der Waals surface area contributed by atoms with Crippen molar-refractivity contribution >= 4 is 35.2 Å². The van der Waals surface area contributed by atoms with Gasteiger partial charge in [-0.1, -0.05) is 0 Å². The number of carboxylic acids is 1. The molecular formula is C3H8AlClNO3Zr. The Hall–Kier alpha value is 1.10. The molecule has 0 aromatic carbocycles. The summed E-state index contributed by atoms with van der Waals surface area (Å²) in [7, 11) is 1.59. The molecule has 0 atom stereocenters. The normalized spacial score (nSPS) is 5.50. The van der Waals surface area contributed by atoms with E-state index >= 15 is 0 Å². The summed E-state index contributed by atoms with van der Waals surface area (Å²) in [5, 5.41) is 10.3. The minimum Gasteiger partial charge on any atom is -0.480 e. The third-order valence-electron chi connectivity index (χ3n) is 0.328. The van der Waals surface area contributed by atoms with Gasteiger partial charge in [-0.3, -0.25) is 9.45 Å². The van der Waals surface area contributed by atoms with Crippen molar-refractivity contribution in [2.45, 2.75) is 0 Å². The Morgan fingerprint density at radius 2 is 1.90 bits per heavy atom. The molecule has 0 aliphatic rings. The Bertz CT molecular complexity index is 67.7. The van der Waals surface area contributed by atoms with E-state index in [-0.39, 0.29) is 50.1 Å². The Balaban J connectivity index is -0.0000000412. The molecule has 57 valence electrons. The predicted molar refractivity (Wildman–Crippen MR) is 35.4 cm³/mol. The van der Waals surface area contributed by atoms with Crippen LogP contribution in [0.4, 0.5) is 0 Å². The summed E-state index contributed by atoms with van der Waals surface area (Å²) in [5.74, 6) is -0.822. The van der Waals surface area contributed by atoms with E-state index in [2.05, 4.69) is 17.2 Å². The number of nitrogens with one attached hydrogen (secondary N) is 1. The van der Waals surface area contributed by atoms with E-state index in [4.69, 9.17) is 9.77 Å². The van der Waals surface area contributed by atoms with Crippen LogP contribution in [-0.2, 0) is 31.0 Å². The molecule has 0 spiro atoms. The quantitative estimate of drug-likeness (QED) is 0.559. The molecule has 0 saturated heterocycles. The van der Waals surface area contributed by atoms with Gasteiger partial charge in [0.2, 0.25) is 0 Å². The second kappa shape index (κ2) is 22.5.